The van der Waals surface area contributed by atoms with Gasteiger partial charge in [-0.1, -0.05) is 23.9 Å². The second-order valence-electron chi connectivity index (χ2n) is 7.88. The highest BCUT2D eigenvalue weighted by Crippen LogP contribution is 2.36. The molecule has 30 heavy (non-hydrogen) atoms. The molecule has 6 nitrogen and oxygen atoms in total. The van der Waals surface area contributed by atoms with Crippen molar-refractivity contribution >= 4 is 23.6 Å². The first-order valence-electron chi connectivity index (χ1n) is 10.5. The van der Waals surface area contributed by atoms with Crippen LogP contribution in [0.25, 0.3) is 0 Å². The third kappa shape index (κ3) is 4.99. The lowest BCUT2D eigenvalue weighted by Gasteiger charge is -2.39. The normalized spacial score (nSPS) is 24.3. The SMILES string of the molecule is CCOc1ccc([C@@H]2CC(=O)NC(SCC(=O)N3[C@@H](C)CCC[C@@H]3C)=C2C#N)cc1. The van der Waals surface area contributed by atoms with Crippen LogP contribution in [-0.4, -0.2) is 41.2 Å². The predicted molar refractivity (Wildman–Crippen MR) is 118 cm³/mol. The van der Waals surface area contributed by atoms with E-state index in [9.17, 15) is 14.9 Å². The third-order valence-electron chi connectivity index (χ3n) is 5.77. The number of hydrogen-bond donors (Lipinski definition) is 1. The van der Waals surface area contributed by atoms with E-state index in [0.717, 1.165) is 30.6 Å². The number of nitrogens with zero attached hydrogens (tertiary/aromatic N) is 2. The van der Waals surface area contributed by atoms with Crippen molar-refractivity contribution in [3.8, 4) is 11.8 Å². The van der Waals surface area contributed by atoms with Crippen molar-refractivity contribution in [2.24, 2.45) is 0 Å². The van der Waals surface area contributed by atoms with Crippen molar-refractivity contribution in [2.45, 2.75) is 64.5 Å². The quantitative estimate of drug-likeness (QED) is 0.743. The van der Waals surface area contributed by atoms with Crippen LogP contribution in [0.5, 0.6) is 5.75 Å². The number of rotatable bonds is 6. The summed E-state index contributed by atoms with van der Waals surface area (Å²) in [6.07, 6.45) is 3.39. The highest BCUT2D eigenvalue weighted by Gasteiger charge is 2.32. The molecule has 2 heterocycles. The number of piperidine rings is 1. The molecular formula is C23H29N3O3S. The van der Waals surface area contributed by atoms with Crippen LogP contribution in [0.15, 0.2) is 34.9 Å². The molecule has 1 aromatic rings. The number of benzene rings is 1. The van der Waals surface area contributed by atoms with Gasteiger partial charge in [0.15, 0.2) is 0 Å². The van der Waals surface area contributed by atoms with E-state index in [-0.39, 0.29) is 42.0 Å². The molecule has 0 radical (unpaired) electrons. The van der Waals surface area contributed by atoms with Crippen LogP contribution < -0.4 is 10.1 Å². The zero-order valence-electron chi connectivity index (χ0n) is 17.8. The number of nitrogens with one attached hydrogen (secondary N) is 1. The zero-order chi connectivity index (χ0) is 21.7. The first-order chi connectivity index (χ1) is 14.4. The van der Waals surface area contributed by atoms with Crippen molar-refractivity contribution < 1.29 is 14.3 Å². The summed E-state index contributed by atoms with van der Waals surface area (Å²) in [6, 6.07) is 10.2. The van der Waals surface area contributed by atoms with Gasteiger partial charge in [0.2, 0.25) is 11.8 Å². The second-order valence-corrected chi connectivity index (χ2v) is 8.87. The molecule has 0 bridgehead atoms. The average Bonchev–Trinajstić information content (AvgIpc) is 2.72. The van der Waals surface area contributed by atoms with Gasteiger partial charge in [-0.05, 0) is 57.7 Å². The van der Waals surface area contributed by atoms with Crippen molar-refractivity contribution in [3.63, 3.8) is 0 Å². The molecule has 0 unspecified atom stereocenters. The standard InChI is InChI=1S/C23H29N3O3S/c1-4-29-18-10-8-17(9-11-18)19-12-21(27)25-23(20(19)13-24)30-14-22(28)26-15(2)6-5-7-16(26)3/h8-11,15-16,19H,4-7,12,14H2,1-3H3,(H,25,27)/t15-,16-,19-/m0/s1. The fourth-order valence-corrected chi connectivity index (χ4v) is 5.25. The second kappa shape index (κ2) is 10.0. The fraction of sp³-hybridized carbons (Fsp3) is 0.522. The van der Waals surface area contributed by atoms with Crippen LogP contribution in [0.2, 0.25) is 0 Å². The topological polar surface area (TPSA) is 82.4 Å². The van der Waals surface area contributed by atoms with E-state index >= 15 is 0 Å². The van der Waals surface area contributed by atoms with Crippen molar-refractivity contribution in [2.75, 3.05) is 12.4 Å². The molecule has 1 fully saturated rings. The van der Waals surface area contributed by atoms with Crippen molar-refractivity contribution in [1.82, 2.24) is 10.2 Å². The molecular weight excluding hydrogens is 398 g/mol. The Balaban J connectivity index is 1.77. The van der Waals surface area contributed by atoms with Gasteiger partial charge < -0.3 is 15.0 Å². The number of allylic oxidation sites excluding steroid dienone is 1. The summed E-state index contributed by atoms with van der Waals surface area (Å²) in [5, 5.41) is 13.1. The zero-order valence-corrected chi connectivity index (χ0v) is 18.6. The van der Waals surface area contributed by atoms with Crippen molar-refractivity contribution in [1.29, 1.82) is 5.26 Å². The first kappa shape index (κ1) is 22.2. The summed E-state index contributed by atoms with van der Waals surface area (Å²) in [6.45, 7) is 6.68. The number of thioether (sulfide) groups is 1. The number of amides is 2. The molecule has 0 spiro atoms. The molecule has 160 valence electrons. The summed E-state index contributed by atoms with van der Waals surface area (Å²) in [7, 11) is 0. The lowest BCUT2D eigenvalue weighted by Crippen LogP contribution is -2.48. The lowest BCUT2D eigenvalue weighted by atomic mass is 9.87. The molecule has 0 aromatic heterocycles. The summed E-state index contributed by atoms with van der Waals surface area (Å²) in [4.78, 5) is 27.2. The molecule has 1 N–H and O–H groups in total. The summed E-state index contributed by atoms with van der Waals surface area (Å²) in [5.41, 5.74) is 1.41. The smallest absolute Gasteiger partial charge is 0.233 e. The molecule has 0 aliphatic carbocycles. The average molecular weight is 428 g/mol. The van der Waals surface area contributed by atoms with Gasteiger partial charge in [-0.2, -0.15) is 5.26 Å². The lowest BCUT2D eigenvalue weighted by molar-refractivity contribution is -0.134. The van der Waals surface area contributed by atoms with E-state index in [1.807, 2.05) is 36.1 Å². The highest BCUT2D eigenvalue weighted by atomic mass is 32.2. The summed E-state index contributed by atoms with van der Waals surface area (Å²) >= 11 is 1.26. The van der Waals surface area contributed by atoms with Gasteiger partial charge in [-0.25, -0.2) is 0 Å². The first-order valence-corrected chi connectivity index (χ1v) is 11.5. The Bertz CT molecular complexity index is 849. The maximum atomic E-state index is 12.9. The van der Waals surface area contributed by atoms with Crippen LogP contribution in [0.1, 0.15) is 57.9 Å². The minimum atomic E-state index is -0.315. The van der Waals surface area contributed by atoms with E-state index in [4.69, 9.17) is 4.74 Å². The van der Waals surface area contributed by atoms with E-state index < -0.39 is 0 Å². The molecule has 1 saturated heterocycles. The predicted octanol–water partition coefficient (Wildman–Crippen LogP) is 3.95. The number of nitriles is 1. The van der Waals surface area contributed by atoms with E-state index in [1.165, 1.54) is 11.8 Å². The van der Waals surface area contributed by atoms with E-state index in [0.29, 0.717) is 17.2 Å². The van der Waals surface area contributed by atoms with Crippen LogP contribution >= 0.6 is 11.8 Å². The molecule has 2 amide bonds. The number of carbonyl (C=O) groups is 2. The number of carbonyl (C=O) groups excluding carboxylic acids is 2. The minimum absolute atomic E-state index is 0.0573. The maximum absolute atomic E-state index is 12.9. The van der Waals surface area contributed by atoms with Gasteiger partial charge in [0.25, 0.3) is 0 Å². The molecule has 2 aliphatic rings. The Morgan fingerprint density at radius 1 is 1.27 bits per heavy atom. The number of ether oxygens (including phenoxy) is 1. The Morgan fingerprint density at radius 3 is 2.53 bits per heavy atom. The van der Waals surface area contributed by atoms with Crippen molar-refractivity contribution in [3.05, 3.63) is 40.4 Å². The van der Waals surface area contributed by atoms with Gasteiger partial charge in [0, 0.05) is 24.4 Å². The van der Waals surface area contributed by atoms with Crippen LogP contribution in [0, 0.1) is 11.3 Å². The molecule has 3 rings (SSSR count). The fourth-order valence-electron chi connectivity index (χ4n) is 4.30. The number of likely N-dealkylation sites (tertiary alicyclic amines) is 1. The summed E-state index contributed by atoms with van der Waals surface area (Å²) in [5.74, 6) is 0.578. The van der Waals surface area contributed by atoms with Crippen LogP contribution in [0.4, 0.5) is 0 Å². The minimum Gasteiger partial charge on any atom is -0.494 e. The Hall–Kier alpha value is -2.46. The summed E-state index contributed by atoms with van der Waals surface area (Å²) < 4.78 is 5.48. The molecule has 1 aromatic carbocycles. The van der Waals surface area contributed by atoms with E-state index in [2.05, 4.69) is 25.2 Å². The van der Waals surface area contributed by atoms with Crippen LogP contribution in [-0.2, 0) is 9.59 Å². The van der Waals surface area contributed by atoms with Gasteiger partial charge in [-0.3, -0.25) is 9.59 Å². The van der Waals surface area contributed by atoms with Crippen LogP contribution in [0.3, 0.4) is 0 Å². The van der Waals surface area contributed by atoms with Gasteiger partial charge >= 0.3 is 0 Å². The molecule has 7 heteroatoms. The van der Waals surface area contributed by atoms with E-state index in [1.54, 1.807) is 0 Å². The van der Waals surface area contributed by atoms with Gasteiger partial charge in [0.05, 0.1) is 29.0 Å². The highest BCUT2D eigenvalue weighted by molar-refractivity contribution is 8.03. The number of hydrogen-bond acceptors (Lipinski definition) is 5. The van der Waals surface area contributed by atoms with Gasteiger partial charge in [-0.15, -0.1) is 0 Å². The Morgan fingerprint density at radius 2 is 1.93 bits per heavy atom. The monoisotopic (exact) mass is 427 g/mol. The Kier molecular flexibility index (Phi) is 7.43. The molecule has 2 aliphatic heterocycles. The maximum Gasteiger partial charge on any atom is 0.233 e. The van der Waals surface area contributed by atoms with Gasteiger partial charge in [0.1, 0.15) is 5.75 Å². The molecule has 3 atom stereocenters. The molecule has 0 saturated carbocycles. The third-order valence-corrected chi connectivity index (χ3v) is 6.77. The largest absolute Gasteiger partial charge is 0.494 e. The Labute approximate surface area is 182 Å².